The number of nitrogen functional groups attached to an aromatic ring is 1. The maximum atomic E-state index is 11.8. The summed E-state index contributed by atoms with van der Waals surface area (Å²) in [6.45, 7) is 2.01. The number of aromatic nitrogens is 2. The van der Waals surface area contributed by atoms with Gasteiger partial charge >= 0.3 is 5.97 Å². The summed E-state index contributed by atoms with van der Waals surface area (Å²) in [5.74, 6) is -1.09. The number of nitrogens with zero attached hydrogens (tertiary/aromatic N) is 1. The van der Waals surface area contributed by atoms with Gasteiger partial charge in [-0.1, -0.05) is 19.8 Å². The van der Waals surface area contributed by atoms with Gasteiger partial charge in [0.05, 0.1) is 6.42 Å². The van der Waals surface area contributed by atoms with Crippen molar-refractivity contribution < 1.29 is 14.7 Å². The summed E-state index contributed by atoms with van der Waals surface area (Å²) in [4.78, 5) is 22.5. The molecule has 7 nitrogen and oxygen atoms in total. The molecule has 0 spiro atoms. The van der Waals surface area contributed by atoms with Gasteiger partial charge in [0.1, 0.15) is 11.5 Å². The van der Waals surface area contributed by atoms with E-state index in [2.05, 4.69) is 15.5 Å². The van der Waals surface area contributed by atoms with Gasteiger partial charge in [0, 0.05) is 12.1 Å². The lowest BCUT2D eigenvalue weighted by Crippen LogP contribution is -2.36. The molecule has 100 valence electrons. The van der Waals surface area contributed by atoms with Crippen LogP contribution in [-0.2, 0) is 4.79 Å². The number of amides is 1. The molecule has 0 fully saturated rings. The molecule has 1 rings (SSSR count). The molecule has 0 aliphatic heterocycles. The average Bonchev–Trinajstić information content (AvgIpc) is 2.72. The smallest absolute Gasteiger partial charge is 0.305 e. The number of carbonyl (C=O) groups is 2. The molecule has 0 radical (unpaired) electrons. The van der Waals surface area contributed by atoms with E-state index >= 15 is 0 Å². The third-order valence-corrected chi connectivity index (χ3v) is 2.50. The van der Waals surface area contributed by atoms with Crippen LogP contribution in [-0.4, -0.2) is 33.2 Å². The van der Waals surface area contributed by atoms with Crippen LogP contribution in [0.2, 0.25) is 0 Å². The number of unbranched alkanes of at least 4 members (excludes halogenated alkanes) is 1. The maximum absolute atomic E-state index is 11.8. The van der Waals surface area contributed by atoms with E-state index in [1.165, 1.54) is 6.07 Å². The van der Waals surface area contributed by atoms with Crippen molar-refractivity contribution in [2.24, 2.45) is 0 Å². The van der Waals surface area contributed by atoms with Gasteiger partial charge < -0.3 is 16.2 Å². The highest BCUT2D eigenvalue weighted by Gasteiger charge is 2.17. The maximum Gasteiger partial charge on any atom is 0.305 e. The standard InChI is InChI=1S/C11H18N4O3/c1-2-3-4-7(5-10(16)17)13-11(18)8-6-9(12)15-14-8/h6-7H,2-5H2,1H3,(H,13,18)(H,16,17)(H3,12,14,15)/t7-/m1/s1. The minimum atomic E-state index is -0.930. The van der Waals surface area contributed by atoms with E-state index in [0.717, 1.165) is 12.8 Å². The number of nitrogens with two attached hydrogens (primary N) is 1. The molecule has 0 unspecified atom stereocenters. The number of H-pyrrole nitrogens is 1. The van der Waals surface area contributed by atoms with Crippen molar-refractivity contribution in [1.82, 2.24) is 15.5 Å². The van der Waals surface area contributed by atoms with Crippen molar-refractivity contribution in [3.05, 3.63) is 11.8 Å². The number of carbonyl (C=O) groups excluding carboxylic acids is 1. The molecule has 0 bridgehead atoms. The third-order valence-electron chi connectivity index (χ3n) is 2.50. The quantitative estimate of drug-likeness (QED) is 0.572. The Labute approximate surface area is 105 Å². The average molecular weight is 254 g/mol. The summed E-state index contributed by atoms with van der Waals surface area (Å²) < 4.78 is 0. The van der Waals surface area contributed by atoms with Gasteiger partial charge in [-0.25, -0.2) is 0 Å². The zero-order valence-corrected chi connectivity index (χ0v) is 10.3. The minimum absolute atomic E-state index is 0.0879. The number of rotatable bonds is 7. The first-order chi connectivity index (χ1) is 8.52. The van der Waals surface area contributed by atoms with Crippen molar-refractivity contribution >= 4 is 17.7 Å². The fourth-order valence-corrected chi connectivity index (χ4v) is 1.60. The molecule has 7 heteroatoms. The Hall–Kier alpha value is -2.05. The highest BCUT2D eigenvalue weighted by molar-refractivity contribution is 5.93. The molecule has 0 aliphatic rings. The first-order valence-electron chi connectivity index (χ1n) is 5.86. The molecule has 0 aliphatic carbocycles. The van der Waals surface area contributed by atoms with Gasteiger partial charge in [0.15, 0.2) is 0 Å². The summed E-state index contributed by atoms with van der Waals surface area (Å²) >= 11 is 0. The van der Waals surface area contributed by atoms with Crippen LogP contribution in [0.25, 0.3) is 0 Å². The highest BCUT2D eigenvalue weighted by Crippen LogP contribution is 2.07. The second-order valence-electron chi connectivity index (χ2n) is 4.12. The van der Waals surface area contributed by atoms with Crippen LogP contribution in [0, 0.1) is 0 Å². The van der Waals surface area contributed by atoms with Crippen LogP contribution in [0.5, 0.6) is 0 Å². The van der Waals surface area contributed by atoms with Gasteiger partial charge in [-0.3, -0.25) is 14.7 Å². The second-order valence-corrected chi connectivity index (χ2v) is 4.12. The van der Waals surface area contributed by atoms with Gasteiger partial charge in [-0.2, -0.15) is 5.10 Å². The zero-order valence-electron chi connectivity index (χ0n) is 10.3. The topological polar surface area (TPSA) is 121 Å². The molecule has 1 aromatic rings. The summed E-state index contributed by atoms with van der Waals surface area (Å²) in [5, 5.41) is 17.6. The Balaban J connectivity index is 2.58. The predicted octanol–water partition coefficient (Wildman–Crippen LogP) is 0.755. The first-order valence-corrected chi connectivity index (χ1v) is 5.86. The fourth-order valence-electron chi connectivity index (χ4n) is 1.60. The van der Waals surface area contributed by atoms with Crippen molar-refractivity contribution in [2.45, 2.75) is 38.6 Å². The second kappa shape index (κ2) is 6.63. The molecule has 18 heavy (non-hydrogen) atoms. The lowest BCUT2D eigenvalue weighted by atomic mass is 10.1. The van der Waals surface area contributed by atoms with E-state index < -0.39 is 5.97 Å². The summed E-state index contributed by atoms with van der Waals surface area (Å²) in [5.41, 5.74) is 5.63. The molecule has 0 saturated carbocycles. The summed E-state index contributed by atoms with van der Waals surface area (Å²) in [7, 11) is 0. The Kier molecular flexibility index (Phi) is 5.16. The van der Waals surface area contributed by atoms with E-state index in [4.69, 9.17) is 10.8 Å². The van der Waals surface area contributed by atoms with Crippen LogP contribution in [0.3, 0.4) is 0 Å². The van der Waals surface area contributed by atoms with Crippen LogP contribution < -0.4 is 11.1 Å². The third kappa shape index (κ3) is 4.44. The summed E-state index contributed by atoms with van der Waals surface area (Å²) in [6, 6.07) is 1.03. The van der Waals surface area contributed by atoms with Crippen molar-refractivity contribution in [3.8, 4) is 0 Å². The minimum Gasteiger partial charge on any atom is -0.481 e. The number of aromatic amines is 1. The highest BCUT2D eigenvalue weighted by atomic mass is 16.4. The fraction of sp³-hybridized carbons (Fsp3) is 0.545. The molecule has 0 aromatic carbocycles. The first kappa shape index (κ1) is 14.0. The SMILES string of the molecule is CCCC[C@H](CC(=O)O)NC(=O)c1cc(N)n[nH]1. The van der Waals surface area contributed by atoms with Gasteiger partial charge in [0.2, 0.25) is 0 Å². The van der Waals surface area contributed by atoms with Crippen LogP contribution in [0.4, 0.5) is 5.82 Å². The Morgan fingerprint density at radius 1 is 1.61 bits per heavy atom. The molecule has 5 N–H and O–H groups in total. The van der Waals surface area contributed by atoms with Crippen LogP contribution in [0.15, 0.2) is 6.07 Å². The van der Waals surface area contributed by atoms with E-state index in [0.29, 0.717) is 6.42 Å². The lowest BCUT2D eigenvalue weighted by Gasteiger charge is -2.15. The van der Waals surface area contributed by atoms with Crippen molar-refractivity contribution in [1.29, 1.82) is 0 Å². The van der Waals surface area contributed by atoms with E-state index in [9.17, 15) is 9.59 Å². The van der Waals surface area contributed by atoms with Crippen molar-refractivity contribution in [3.63, 3.8) is 0 Å². The molecule has 1 heterocycles. The van der Waals surface area contributed by atoms with Crippen LogP contribution in [0.1, 0.15) is 43.1 Å². The zero-order chi connectivity index (χ0) is 13.5. The lowest BCUT2D eigenvalue weighted by molar-refractivity contribution is -0.137. The Morgan fingerprint density at radius 2 is 2.33 bits per heavy atom. The monoisotopic (exact) mass is 254 g/mol. The predicted molar refractivity (Wildman–Crippen MR) is 66.0 cm³/mol. The van der Waals surface area contributed by atoms with Gasteiger partial charge in [0.25, 0.3) is 5.91 Å². The molecule has 1 aromatic heterocycles. The number of carboxylic acids is 1. The van der Waals surface area contributed by atoms with E-state index in [-0.39, 0.29) is 29.9 Å². The number of nitrogens with one attached hydrogen (secondary N) is 2. The van der Waals surface area contributed by atoms with Gasteiger partial charge in [-0.15, -0.1) is 0 Å². The van der Waals surface area contributed by atoms with E-state index in [1.54, 1.807) is 0 Å². The van der Waals surface area contributed by atoms with E-state index in [1.807, 2.05) is 6.92 Å². The Morgan fingerprint density at radius 3 is 2.83 bits per heavy atom. The van der Waals surface area contributed by atoms with Crippen LogP contribution >= 0.6 is 0 Å². The molecule has 1 atom stereocenters. The number of aliphatic carboxylic acids is 1. The van der Waals surface area contributed by atoms with Crippen molar-refractivity contribution in [2.75, 3.05) is 5.73 Å². The number of anilines is 1. The summed E-state index contributed by atoms with van der Waals surface area (Å²) in [6.07, 6.45) is 2.36. The van der Waals surface area contributed by atoms with Gasteiger partial charge in [-0.05, 0) is 6.42 Å². The molecule has 1 amide bonds. The molecule has 0 saturated heterocycles. The number of hydrogen-bond acceptors (Lipinski definition) is 4. The number of hydrogen-bond donors (Lipinski definition) is 4. The normalized spacial score (nSPS) is 12.1. The Bertz CT molecular complexity index is 416. The number of carboxylic acid groups (broad SMARTS) is 1. The molecular weight excluding hydrogens is 236 g/mol. The largest absolute Gasteiger partial charge is 0.481 e. The molecular formula is C11H18N4O3.